The molecule has 0 atom stereocenters. The molecular weight excluding hydrogens is 324 g/mol. The monoisotopic (exact) mass is 352 g/mol. The van der Waals surface area contributed by atoms with Crippen LogP contribution in [-0.4, -0.2) is 18.3 Å². The molecule has 2 aromatic carbocycles. The Kier molecular flexibility index (Phi) is 6.71. The third-order valence-electron chi connectivity index (χ3n) is 3.92. The van der Waals surface area contributed by atoms with Crippen LogP contribution in [0.15, 0.2) is 48.5 Å². The van der Waals surface area contributed by atoms with Crippen molar-refractivity contribution in [3.63, 3.8) is 0 Å². The van der Waals surface area contributed by atoms with E-state index in [0.29, 0.717) is 36.2 Å². The SMILES string of the molecule is C#CC(O)(c1ccc(OCC(C)C)cc1)c1ccc(OCC(C)C)cc1. The molecule has 138 valence electrons. The Morgan fingerprint density at radius 2 is 1.15 bits per heavy atom. The molecule has 0 aliphatic heterocycles. The third-order valence-corrected chi connectivity index (χ3v) is 3.92. The summed E-state index contributed by atoms with van der Waals surface area (Å²) in [4.78, 5) is 0. The number of benzene rings is 2. The molecular formula is C23H28O3. The Morgan fingerprint density at radius 3 is 1.42 bits per heavy atom. The zero-order valence-corrected chi connectivity index (χ0v) is 16.0. The second-order valence-electron chi connectivity index (χ2n) is 7.31. The Hall–Kier alpha value is -2.44. The van der Waals surface area contributed by atoms with Crippen LogP contribution >= 0.6 is 0 Å². The van der Waals surface area contributed by atoms with E-state index in [1.165, 1.54) is 0 Å². The van der Waals surface area contributed by atoms with E-state index >= 15 is 0 Å². The fraction of sp³-hybridized carbons (Fsp3) is 0.391. The molecule has 1 N–H and O–H groups in total. The number of terminal acetylenes is 1. The van der Waals surface area contributed by atoms with E-state index in [4.69, 9.17) is 15.9 Å². The van der Waals surface area contributed by atoms with E-state index < -0.39 is 5.60 Å². The van der Waals surface area contributed by atoms with Crippen molar-refractivity contribution >= 4 is 0 Å². The van der Waals surface area contributed by atoms with Gasteiger partial charge in [-0.2, -0.15) is 0 Å². The Bertz CT molecular complexity index is 666. The minimum atomic E-state index is -1.49. The average Bonchev–Trinajstić information content (AvgIpc) is 2.65. The first-order valence-electron chi connectivity index (χ1n) is 9.02. The van der Waals surface area contributed by atoms with Gasteiger partial charge in [0.1, 0.15) is 11.5 Å². The van der Waals surface area contributed by atoms with E-state index in [9.17, 15) is 5.11 Å². The van der Waals surface area contributed by atoms with Crippen LogP contribution in [0.3, 0.4) is 0 Å². The summed E-state index contributed by atoms with van der Waals surface area (Å²) in [7, 11) is 0. The maximum Gasteiger partial charge on any atom is 0.176 e. The highest BCUT2D eigenvalue weighted by atomic mass is 16.5. The van der Waals surface area contributed by atoms with E-state index in [1.54, 1.807) is 24.3 Å². The van der Waals surface area contributed by atoms with Gasteiger partial charge in [-0.05, 0) is 36.1 Å². The summed E-state index contributed by atoms with van der Waals surface area (Å²) in [5, 5.41) is 11.1. The molecule has 0 aromatic heterocycles. The highest BCUT2D eigenvalue weighted by molar-refractivity contribution is 5.46. The van der Waals surface area contributed by atoms with Crippen LogP contribution in [0.5, 0.6) is 11.5 Å². The topological polar surface area (TPSA) is 38.7 Å². The Balaban J connectivity index is 2.18. The summed E-state index contributed by atoms with van der Waals surface area (Å²) < 4.78 is 11.4. The van der Waals surface area contributed by atoms with Gasteiger partial charge in [0.15, 0.2) is 5.60 Å². The number of rotatable bonds is 8. The fourth-order valence-electron chi connectivity index (χ4n) is 2.44. The lowest BCUT2D eigenvalue weighted by Gasteiger charge is -2.24. The van der Waals surface area contributed by atoms with Crippen LogP contribution < -0.4 is 9.47 Å². The molecule has 0 heterocycles. The van der Waals surface area contributed by atoms with Gasteiger partial charge in [-0.1, -0.05) is 57.9 Å². The third kappa shape index (κ3) is 5.03. The smallest absolute Gasteiger partial charge is 0.176 e. The van der Waals surface area contributed by atoms with Gasteiger partial charge in [-0.25, -0.2) is 0 Å². The van der Waals surface area contributed by atoms with Gasteiger partial charge in [-0.15, -0.1) is 6.42 Å². The lowest BCUT2D eigenvalue weighted by molar-refractivity contribution is 0.145. The van der Waals surface area contributed by atoms with Crippen molar-refractivity contribution in [1.82, 2.24) is 0 Å². The Labute approximate surface area is 157 Å². The summed E-state index contributed by atoms with van der Waals surface area (Å²) in [6.45, 7) is 9.69. The molecule has 0 aliphatic carbocycles. The van der Waals surface area contributed by atoms with Crippen LogP contribution in [-0.2, 0) is 5.60 Å². The first kappa shape index (κ1) is 19.9. The van der Waals surface area contributed by atoms with Gasteiger partial charge < -0.3 is 14.6 Å². The quantitative estimate of drug-likeness (QED) is 0.704. The molecule has 0 saturated heterocycles. The molecule has 3 nitrogen and oxygen atoms in total. The predicted molar refractivity (Wildman–Crippen MR) is 105 cm³/mol. The van der Waals surface area contributed by atoms with Crippen molar-refractivity contribution in [2.45, 2.75) is 33.3 Å². The standard InChI is InChI=1S/C23H28O3/c1-6-23(24,19-7-11-21(12-8-19)25-15-17(2)3)20-9-13-22(14-10-20)26-16-18(4)5/h1,7-14,17-18,24H,15-16H2,2-5H3. The first-order chi connectivity index (χ1) is 12.3. The number of hydrogen-bond acceptors (Lipinski definition) is 3. The van der Waals surface area contributed by atoms with Crippen molar-refractivity contribution in [2.75, 3.05) is 13.2 Å². The molecule has 0 amide bonds. The van der Waals surface area contributed by atoms with E-state index in [-0.39, 0.29) is 0 Å². The average molecular weight is 352 g/mol. The number of ether oxygens (including phenoxy) is 2. The lowest BCUT2D eigenvalue weighted by Crippen LogP contribution is -2.25. The minimum absolute atomic E-state index is 0.453. The van der Waals surface area contributed by atoms with Crippen LogP contribution in [0.4, 0.5) is 0 Å². The lowest BCUT2D eigenvalue weighted by atomic mass is 9.87. The molecule has 0 unspecified atom stereocenters. The van der Waals surface area contributed by atoms with Crippen LogP contribution in [0, 0.1) is 24.2 Å². The largest absolute Gasteiger partial charge is 0.493 e. The molecule has 2 rings (SSSR count). The molecule has 0 bridgehead atoms. The van der Waals surface area contributed by atoms with Crippen molar-refractivity contribution in [3.8, 4) is 23.8 Å². The van der Waals surface area contributed by atoms with Crippen molar-refractivity contribution in [1.29, 1.82) is 0 Å². The van der Waals surface area contributed by atoms with E-state index in [0.717, 1.165) is 11.5 Å². The Morgan fingerprint density at radius 1 is 0.808 bits per heavy atom. The van der Waals surface area contributed by atoms with E-state index in [1.807, 2.05) is 24.3 Å². The molecule has 2 aromatic rings. The van der Waals surface area contributed by atoms with Gasteiger partial charge in [-0.3, -0.25) is 0 Å². The van der Waals surface area contributed by atoms with Crippen LogP contribution in [0.1, 0.15) is 38.8 Å². The highest BCUT2D eigenvalue weighted by Crippen LogP contribution is 2.31. The van der Waals surface area contributed by atoms with Gasteiger partial charge in [0.2, 0.25) is 0 Å². The molecule has 0 fully saturated rings. The maximum atomic E-state index is 11.1. The molecule has 3 heteroatoms. The fourth-order valence-corrected chi connectivity index (χ4v) is 2.44. The first-order valence-corrected chi connectivity index (χ1v) is 9.02. The minimum Gasteiger partial charge on any atom is -0.493 e. The summed E-state index contributed by atoms with van der Waals surface area (Å²) >= 11 is 0. The predicted octanol–water partition coefficient (Wildman–Crippen LogP) is 4.63. The van der Waals surface area contributed by atoms with Gasteiger partial charge in [0, 0.05) is 11.1 Å². The van der Waals surface area contributed by atoms with Gasteiger partial charge >= 0.3 is 0 Å². The molecule has 0 saturated carbocycles. The van der Waals surface area contributed by atoms with E-state index in [2.05, 4.69) is 33.6 Å². The molecule has 26 heavy (non-hydrogen) atoms. The van der Waals surface area contributed by atoms with Crippen molar-refractivity contribution < 1.29 is 14.6 Å². The zero-order chi connectivity index (χ0) is 19.2. The second kappa shape index (κ2) is 8.78. The molecule has 0 spiro atoms. The van der Waals surface area contributed by atoms with Crippen molar-refractivity contribution in [2.24, 2.45) is 11.8 Å². The zero-order valence-electron chi connectivity index (χ0n) is 16.0. The number of hydrogen-bond donors (Lipinski definition) is 1. The van der Waals surface area contributed by atoms with Gasteiger partial charge in [0.25, 0.3) is 0 Å². The van der Waals surface area contributed by atoms with Gasteiger partial charge in [0.05, 0.1) is 13.2 Å². The highest BCUT2D eigenvalue weighted by Gasteiger charge is 2.29. The number of aliphatic hydroxyl groups is 1. The van der Waals surface area contributed by atoms with Crippen LogP contribution in [0.2, 0.25) is 0 Å². The normalized spacial score (nSPS) is 11.5. The molecule has 0 aliphatic rings. The summed E-state index contributed by atoms with van der Waals surface area (Å²) in [5.41, 5.74) is -0.229. The summed E-state index contributed by atoms with van der Waals surface area (Å²) in [6.07, 6.45) is 5.68. The maximum absolute atomic E-state index is 11.1. The summed E-state index contributed by atoms with van der Waals surface area (Å²) in [5.74, 6) is 4.96. The van der Waals surface area contributed by atoms with Crippen LogP contribution in [0.25, 0.3) is 0 Å². The van der Waals surface area contributed by atoms with Crippen molar-refractivity contribution in [3.05, 3.63) is 59.7 Å². The second-order valence-corrected chi connectivity index (χ2v) is 7.31. The summed E-state index contributed by atoms with van der Waals surface area (Å²) in [6, 6.07) is 14.6. The molecule has 0 radical (unpaired) electrons.